The second-order valence-electron chi connectivity index (χ2n) is 6.63. The van der Waals surface area contributed by atoms with Crippen LogP contribution in [-0.4, -0.2) is 37.4 Å². The van der Waals surface area contributed by atoms with Gasteiger partial charge in [-0.05, 0) is 55.0 Å². The number of nitrogens with zero attached hydrogens (tertiary/aromatic N) is 3. The van der Waals surface area contributed by atoms with Crippen LogP contribution in [0.4, 0.5) is 5.69 Å². The molecule has 4 aromatic rings. The lowest BCUT2D eigenvalue weighted by molar-refractivity contribution is -0.115. The molecule has 2 N–H and O–H groups in total. The molecule has 0 fully saturated rings. The minimum absolute atomic E-state index is 0.144. The molecule has 0 saturated carbocycles. The number of anilines is 1. The molecule has 1 unspecified atom stereocenters. The quantitative estimate of drug-likeness (QED) is 0.370. The van der Waals surface area contributed by atoms with Gasteiger partial charge >= 0.3 is 5.97 Å². The van der Waals surface area contributed by atoms with Gasteiger partial charge in [-0.1, -0.05) is 18.7 Å². The number of carbonyl (C=O) groups excluding carboxylic acids is 1. The maximum Gasteiger partial charge on any atom is 0.335 e. The first-order valence-electron chi connectivity index (χ1n) is 9.68. The van der Waals surface area contributed by atoms with E-state index in [0.717, 1.165) is 0 Å². The van der Waals surface area contributed by atoms with Crippen LogP contribution in [0.25, 0.3) is 22.9 Å². The first-order valence-corrected chi connectivity index (χ1v) is 10.6. The predicted octanol–water partition coefficient (Wildman–Crippen LogP) is 4.60. The number of carbonyl (C=O) groups is 2. The van der Waals surface area contributed by atoms with Crippen LogP contribution in [0.3, 0.4) is 0 Å². The average molecular weight is 450 g/mol. The highest BCUT2D eigenvalue weighted by atomic mass is 32.2. The maximum absolute atomic E-state index is 12.8. The summed E-state index contributed by atoms with van der Waals surface area (Å²) in [6, 6.07) is 13.0. The van der Waals surface area contributed by atoms with E-state index in [-0.39, 0.29) is 11.5 Å². The molecule has 3 heterocycles. The molecule has 0 saturated heterocycles. The fourth-order valence-corrected chi connectivity index (χ4v) is 3.71. The van der Waals surface area contributed by atoms with Crippen molar-refractivity contribution in [2.45, 2.75) is 23.8 Å². The summed E-state index contributed by atoms with van der Waals surface area (Å²) in [6.07, 6.45) is 3.59. The SMILES string of the molecule is CCC(Sc1nnc(-c2ccco2)c(-c2ccco2)n1)C(=O)Nc1ccc(C(=O)O)cc1. The van der Waals surface area contributed by atoms with Crippen LogP contribution in [0, 0.1) is 0 Å². The third kappa shape index (κ3) is 4.70. The summed E-state index contributed by atoms with van der Waals surface area (Å²) in [4.78, 5) is 28.3. The predicted molar refractivity (Wildman–Crippen MR) is 117 cm³/mol. The summed E-state index contributed by atoms with van der Waals surface area (Å²) in [6.45, 7) is 1.88. The summed E-state index contributed by atoms with van der Waals surface area (Å²) in [7, 11) is 0. The molecule has 9 nitrogen and oxygen atoms in total. The van der Waals surface area contributed by atoms with E-state index in [1.165, 1.54) is 36.4 Å². The third-order valence-corrected chi connectivity index (χ3v) is 5.70. The number of furan rings is 2. The molecule has 162 valence electrons. The van der Waals surface area contributed by atoms with Crippen LogP contribution >= 0.6 is 11.8 Å². The van der Waals surface area contributed by atoms with Gasteiger partial charge in [0.1, 0.15) is 5.69 Å². The van der Waals surface area contributed by atoms with E-state index in [9.17, 15) is 9.59 Å². The second-order valence-corrected chi connectivity index (χ2v) is 7.80. The molecule has 0 spiro atoms. The van der Waals surface area contributed by atoms with Gasteiger partial charge in [0.25, 0.3) is 0 Å². The summed E-state index contributed by atoms with van der Waals surface area (Å²) >= 11 is 1.18. The van der Waals surface area contributed by atoms with Crippen molar-refractivity contribution in [3.05, 3.63) is 66.6 Å². The van der Waals surface area contributed by atoms with Gasteiger partial charge < -0.3 is 19.3 Å². The zero-order valence-corrected chi connectivity index (χ0v) is 17.7. The number of carboxylic acids is 1. The number of amides is 1. The topological polar surface area (TPSA) is 131 Å². The van der Waals surface area contributed by atoms with Crippen molar-refractivity contribution >= 4 is 29.3 Å². The van der Waals surface area contributed by atoms with Crippen molar-refractivity contribution in [2.75, 3.05) is 5.32 Å². The lowest BCUT2D eigenvalue weighted by Crippen LogP contribution is -2.25. The highest BCUT2D eigenvalue weighted by molar-refractivity contribution is 8.00. The molecule has 0 radical (unpaired) electrons. The molecule has 4 rings (SSSR count). The van der Waals surface area contributed by atoms with Crippen LogP contribution < -0.4 is 5.32 Å². The Balaban J connectivity index is 1.54. The van der Waals surface area contributed by atoms with Crippen molar-refractivity contribution in [3.8, 4) is 22.9 Å². The monoisotopic (exact) mass is 450 g/mol. The standard InChI is InChI=1S/C22H18N4O5S/c1-2-17(20(27)23-14-9-7-13(8-10-14)21(28)29)32-22-24-18(15-5-3-11-30-15)19(25-26-22)16-6-4-12-31-16/h3-12,17H,2H2,1H3,(H,23,27)(H,28,29). The lowest BCUT2D eigenvalue weighted by atomic mass is 10.2. The van der Waals surface area contributed by atoms with E-state index in [1.807, 2.05) is 6.92 Å². The molecular formula is C22H18N4O5S. The maximum atomic E-state index is 12.8. The van der Waals surface area contributed by atoms with Crippen LogP contribution in [0.5, 0.6) is 0 Å². The van der Waals surface area contributed by atoms with Gasteiger partial charge in [-0.2, -0.15) is 0 Å². The van der Waals surface area contributed by atoms with Crippen molar-refractivity contribution in [1.82, 2.24) is 15.2 Å². The van der Waals surface area contributed by atoms with Crippen LogP contribution in [0.1, 0.15) is 23.7 Å². The molecule has 1 amide bonds. The van der Waals surface area contributed by atoms with Crippen molar-refractivity contribution in [2.24, 2.45) is 0 Å². The van der Waals surface area contributed by atoms with Crippen LogP contribution in [-0.2, 0) is 4.79 Å². The molecule has 32 heavy (non-hydrogen) atoms. The number of aromatic carboxylic acids is 1. The van der Waals surface area contributed by atoms with Crippen molar-refractivity contribution in [3.63, 3.8) is 0 Å². The Kier molecular flexibility index (Phi) is 6.31. The van der Waals surface area contributed by atoms with Gasteiger partial charge in [-0.25, -0.2) is 9.78 Å². The van der Waals surface area contributed by atoms with E-state index in [2.05, 4.69) is 20.5 Å². The van der Waals surface area contributed by atoms with Gasteiger partial charge in [-0.15, -0.1) is 10.2 Å². The highest BCUT2D eigenvalue weighted by Gasteiger charge is 2.23. The summed E-state index contributed by atoms with van der Waals surface area (Å²) in [5.41, 5.74) is 1.54. The molecular weight excluding hydrogens is 432 g/mol. The Bertz CT molecular complexity index is 1210. The van der Waals surface area contributed by atoms with Crippen molar-refractivity contribution < 1.29 is 23.5 Å². The van der Waals surface area contributed by atoms with Gasteiger partial charge in [0, 0.05) is 5.69 Å². The van der Waals surface area contributed by atoms with Gasteiger partial charge in [0.2, 0.25) is 11.1 Å². The highest BCUT2D eigenvalue weighted by Crippen LogP contribution is 2.32. The molecule has 0 aliphatic rings. The Hall–Kier alpha value is -3.92. The first-order chi connectivity index (χ1) is 15.5. The van der Waals surface area contributed by atoms with E-state index >= 15 is 0 Å². The third-order valence-electron chi connectivity index (χ3n) is 4.49. The van der Waals surface area contributed by atoms with E-state index in [1.54, 1.807) is 36.4 Å². The van der Waals surface area contributed by atoms with E-state index in [0.29, 0.717) is 40.2 Å². The van der Waals surface area contributed by atoms with Crippen LogP contribution in [0.15, 0.2) is 75.0 Å². The Morgan fingerprint density at radius 2 is 1.66 bits per heavy atom. The molecule has 0 aliphatic heterocycles. The molecule has 0 bridgehead atoms. The number of hydrogen-bond donors (Lipinski definition) is 2. The number of benzene rings is 1. The zero-order chi connectivity index (χ0) is 22.5. The van der Waals surface area contributed by atoms with Gasteiger partial charge in [0.15, 0.2) is 17.2 Å². The smallest absolute Gasteiger partial charge is 0.335 e. The molecule has 0 aliphatic carbocycles. The Labute approximate surface area is 186 Å². The summed E-state index contributed by atoms with van der Waals surface area (Å²) < 4.78 is 10.9. The summed E-state index contributed by atoms with van der Waals surface area (Å²) in [5.74, 6) is -0.273. The van der Waals surface area contributed by atoms with E-state index < -0.39 is 11.2 Å². The number of rotatable bonds is 8. The van der Waals surface area contributed by atoms with E-state index in [4.69, 9.17) is 13.9 Å². The average Bonchev–Trinajstić information content (AvgIpc) is 3.52. The van der Waals surface area contributed by atoms with Gasteiger partial charge in [-0.3, -0.25) is 4.79 Å². The molecule has 3 aromatic heterocycles. The minimum Gasteiger partial charge on any atom is -0.478 e. The van der Waals surface area contributed by atoms with Crippen LogP contribution in [0.2, 0.25) is 0 Å². The molecule has 10 heteroatoms. The first kappa shape index (κ1) is 21.3. The number of aromatic nitrogens is 3. The minimum atomic E-state index is -1.03. The number of nitrogens with one attached hydrogen (secondary N) is 1. The van der Waals surface area contributed by atoms with Crippen molar-refractivity contribution in [1.29, 1.82) is 0 Å². The Morgan fingerprint density at radius 1 is 1.00 bits per heavy atom. The largest absolute Gasteiger partial charge is 0.478 e. The fraction of sp³-hybridized carbons (Fsp3) is 0.136. The normalized spacial score (nSPS) is 11.8. The summed E-state index contributed by atoms with van der Waals surface area (Å²) in [5, 5.41) is 20.0. The second kappa shape index (κ2) is 9.48. The molecule has 1 atom stereocenters. The lowest BCUT2D eigenvalue weighted by Gasteiger charge is -2.14. The zero-order valence-electron chi connectivity index (χ0n) is 16.9. The Morgan fingerprint density at radius 3 is 2.22 bits per heavy atom. The molecule has 1 aromatic carbocycles. The number of carboxylic acid groups (broad SMARTS) is 1. The number of thioether (sulfide) groups is 1. The number of hydrogen-bond acceptors (Lipinski definition) is 8. The fourth-order valence-electron chi connectivity index (χ4n) is 2.89. The van der Waals surface area contributed by atoms with Gasteiger partial charge in [0.05, 0.1) is 23.3 Å².